The molecular formula is C17H19NO6S. The highest BCUT2D eigenvalue weighted by Gasteiger charge is 2.19. The van der Waals surface area contributed by atoms with Crippen LogP contribution in [0.25, 0.3) is 11.0 Å². The van der Waals surface area contributed by atoms with Gasteiger partial charge in [-0.1, -0.05) is 0 Å². The molecule has 0 fully saturated rings. The third-order valence-electron chi connectivity index (χ3n) is 3.60. The van der Waals surface area contributed by atoms with Crippen LogP contribution < -0.4 is 10.9 Å². The molecule has 0 aliphatic heterocycles. The van der Waals surface area contributed by atoms with Gasteiger partial charge in [0, 0.05) is 23.8 Å². The number of phenols is 1. The Morgan fingerprint density at radius 3 is 2.68 bits per heavy atom. The number of ketones is 1. The molecule has 8 heteroatoms. The van der Waals surface area contributed by atoms with Crippen LogP contribution in [0.4, 0.5) is 0 Å². The van der Waals surface area contributed by atoms with E-state index in [1.54, 1.807) is 6.92 Å². The molecule has 0 aliphatic carbocycles. The molecule has 1 unspecified atom stereocenters. The molecular weight excluding hydrogens is 346 g/mol. The molecule has 2 aromatic rings. The van der Waals surface area contributed by atoms with Gasteiger partial charge >= 0.3 is 11.6 Å². The van der Waals surface area contributed by atoms with Crippen molar-refractivity contribution >= 4 is 35.4 Å². The number of esters is 1. The summed E-state index contributed by atoms with van der Waals surface area (Å²) >= 11 is 4.13. The van der Waals surface area contributed by atoms with Gasteiger partial charge in [-0.05, 0) is 31.5 Å². The highest BCUT2D eigenvalue weighted by molar-refractivity contribution is 7.80. The van der Waals surface area contributed by atoms with E-state index in [1.165, 1.54) is 25.1 Å². The number of carbonyl (C=O) groups is 2. The topological polar surface area (TPSA) is 106 Å². The molecule has 1 heterocycles. The standard InChI is InChI=1S/C17H19NO6S/c1-3-23-17(22)14(8-25)18-7-10-4-11(20)5-15-13(10)6-12(9(2)19)16(21)24-15/h4-6,14,18,20,25H,3,7-8H2,1-2H3. The second kappa shape index (κ2) is 8.17. The zero-order valence-electron chi connectivity index (χ0n) is 13.9. The lowest BCUT2D eigenvalue weighted by molar-refractivity contribution is -0.145. The van der Waals surface area contributed by atoms with Gasteiger partial charge in [-0.3, -0.25) is 14.9 Å². The summed E-state index contributed by atoms with van der Waals surface area (Å²) in [5.74, 6) is -0.717. The van der Waals surface area contributed by atoms with Crippen LogP contribution >= 0.6 is 12.6 Å². The number of carbonyl (C=O) groups excluding carboxylic acids is 2. The van der Waals surface area contributed by atoms with Crippen molar-refractivity contribution < 1.29 is 23.8 Å². The van der Waals surface area contributed by atoms with Crippen molar-refractivity contribution in [3.05, 3.63) is 39.7 Å². The van der Waals surface area contributed by atoms with Gasteiger partial charge in [-0.25, -0.2) is 4.79 Å². The molecule has 1 aromatic carbocycles. The number of phenolic OH excluding ortho intramolecular Hbond substituents is 1. The lowest BCUT2D eigenvalue weighted by atomic mass is 10.1. The Bertz CT molecular complexity index is 860. The lowest BCUT2D eigenvalue weighted by Crippen LogP contribution is -2.39. The fraction of sp³-hybridized carbons (Fsp3) is 0.353. The predicted octanol–water partition coefficient (Wildman–Crippen LogP) is 1.65. The largest absolute Gasteiger partial charge is 0.508 e. The smallest absolute Gasteiger partial charge is 0.347 e. The van der Waals surface area contributed by atoms with Gasteiger partial charge in [-0.15, -0.1) is 0 Å². The zero-order chi connectivity index (χ0) is 18.6. The van der Waals surface area contributed by atoms with Gasteiger partial charge in [0.25, 0.3) is 0 Å². The van der Waals surface area contributed by atoms with Crippen LogP contribution in [-0.4, -0.2) is 35.3 Å². The van der Waals surface area contributed by atoms with E-state index in [0.29, 0.717) is 10.9 Å². The van der Waals surface area contributed by atoms with Gasteiger partial charge < -0.3 is 14.3 Å². The van der Waals surface area contributed by atoms with Crippen LogP contribution in [0, 0.1) is 0 Å². The van der Waals surface area contributed by atoms with Crippen molar-refractivity contribution in [2.75, 3.05) is 12.4 Å². The highest BCUT2D eigenvalue weighted by Crippen LogP contribution is 2.25. The first-order valence-electron chi connectivity index (χ1n) is 7.69. The average molecular weight is 365 g/mol. The molecule has 0 amide bonds. The molecule has 2 rings (SSSR count). The number of benzene rings is 1. The molecule has 25 heavy (non-hydrogen) atoms. The Morgan fingerprint density at radius 2 is 2.08 bits per heavy atom. The molecule has 0 radical (unpaired) electrons. The van der Waals surface area contributed by atoms with Crippen LogP contribution in [0.5, 0.6) is 5.75 Å². The van der Waals surface area contributed by atoms with Gasteiger partial charge in [0.1, 0.15) is 22.9 Å². The SMILES string of the molecule is CCOC(=O)C(CS)NCc1cc(O)cc2oc(=O)c(C(C)=O)cc12. The summed E-state index contributed by atoms with van der Waals surface area (Å²) in [6, 6.07) is 3.56. The Balaban J connectivity index is 2.39. The fourth-order valence-corrected chi connectivity index (χ4v) is 2.64. The van der Waals surface area contributed by atoms with E-state index >= 15 is 0 Å². The molecule has 134 valence electrons. The van der Waals surface area contributed by atoms with Crippen LogP contribution in [0.1, 0.15) is 29.8 Å². The third-order valence-corrected chi connectivity index (χ3v) is 3.96. The number of ether oxygens (including phenoxy) is 1. The molecule has 0 bridgehead atoms. The minimum absolute atomic E-state index is 0.0735. The first-order valence-corrected chi connectivity index (χ1v) is 8.32. The van der Waals surface area contributed by atoms with E-state index in [-0.39, 0.29) is 35.8 Å². The molecule has 2 N–H and O–H groups in total. The lowest BCUT2D eigenvalue weighted by Gasteiger charge is -2.16. The zero-order valence-corrected chi connectivity index (χ0v) is 14.8. The highest BCUT2D eigenvalue weighted by atomic mass is 32.1. The first-order chi connectivity index (χ1) is 11.9. The third kappa shape index (κ3) is 4.40. The number of hydrogen-bond acceptors (Lipinski definition) is 8. The van der Waals surface area contributed by atoms with E-state index in [0.717, 1.165) is 0 Å². The van der Waals surface area contributed by atoms with E-state index in [2.05, 4.69) is 17.9 Å². The van der Waals surface area contributed by atoms with E-state index in [9.17, 15) is 19.5 Å². The van der Waals surface area contributed by atoms with E-state index in [4.69, 9.17) is 9.15 Å². The molecule has 1 atom stereocenters. The summed E-state index contributed by atoms with van der Waals surface area (Å²) < 4.78 is 10.1. The maximum Gasteiger partial charge on any atom is 0.347 e. The summed E-state index contributed by atoms with van der Waals surface area (Å²) in [6.07, 6.45) is 0. The summed E-state index contributed by atoms with van der Waals surface area (Å²) in [6.45, 7) is 3.42. The van der Waals surface area contributed by atoms with Crippen LogP contribution in [-0.2, 0) is 16.1 Å². The second-order valence-electron chi connectivity index (χ2n) is 5.39. The van der Waals surface area contributed by atoms with Crippen molar-refractivity contribution in [1.29, 1.82) is 0 Å². The molecule has 0 spiro atoms. The second-order valence-corrected chi connectivity index (χ2v) is 5.75. The quantitative estimate of drug-likeness (QED) is 0.296. The van der Waals surface area contributed by atoms with Gasteiger partial charge in [0.2, 0.25) is 0 Å². The van der Waals surface area contributed by atoms with E-state index in [1.807, 2.05) is 0 Å². The molecule has 7 nitrogen and oxygen atoms in total. The normalized spacial score (nSPS) is 12.1. The van der Waals surface area contributed by atoms with E-state index < -0.39 is 23.4 Å². The number of rotatable bonds is 7. The summed E-state index contributed by atoms with van der Waals surface area (Å²) in [7, 11) is 0. The van der Waals surface area contributed by atoms with Crippen LogP contribution in [0.3, 0.4) is 0 Å². The van der Waals surface area contributed by atoms with Crippen molar-refractivity contribution in [3.63, 3.8) is 0 Å². The number of Topliss-reactive ketones (excluding diaryl/α,β-unsaturated/α-hetero) is 1. The number of fused-ring (bicyclic) bond motifs is 1. The number of nitrogens with one attached hydrogen (secondary N) is 1. The molecule has 0 saturated carbocycles. The van der Waals surface area contributed by atoms with Crippen LogP contribution in [0.2, 0.25) is 0 Å². The number of thiol groups is 1. The predicted molar refractivity (Wildman–Crippen MR) is 95.3 cm³/mol. The molecule has 0 aliphatic rings. The minimum atomic E-state index is -0.760. The Hall–Kier alpha value is -2.32. The van der Waals surface area contributed by atoms with Crippen molar-refractivity contribution in [2.45, 2.75) is 26.4 Å². The summed E-state index contributed by atoms with van der Waals surface area (Å²) in [4.78, 5) is 35.2. The minimum Gasteiger partial charge on any atom is -0.508 e. The van der Waals surface area contributed by atoms with Gasteiger partial charge in [0.15, 0.2) is 5.78 Å². The van der Waals surface area contributed by atoms with Crippen molar-refractivity contribution in [2.24, 2.45) is 0 Å². The Labute approximate surface area is 149 Å². The molecule has 0 saturated heterocycles. The number of hydrogen-bond donors (Lipinski definition) is 3. The Morgan fingerprint density at radius 1 is 1.36 bits per heavy atom. The van der Waals surface area contributed by atoms with Gasteiger partial charge in [0.05, 0.1) is 6.61 Å². The summed E-state index contributed by atoms with van der Waals surface area (Å²) in [5.41, 5.74) is -0.109. The monoisotopic (exact) mass is 365 g/mol. The maximum absolute atomic E-state index is 11.8. The summed E-state index contributed by atoms with van der Waals surface area (Å²) in [5, 5.41) is 13.3. The first kappa shape index (κ1) is 19.0. The van der Waals surface area contributed by atoms with Crippen molar-refractivity contribution in [1.82, 2.24) is 5.32 Å². The average Bonchev–Trinajstić information content (AvgIpc) is 2.54. The van der Waals surface area contributed by atoms with Crippen LogP contribution in [0.15, 0.2) is 27.4 Å². The fourth-order valence-electron chi connectivity index (χ4n) is 2.36. The maximum atomic E-state index is 11.8. The van der Waals surface area contributed by atoms with Crippen molar-refractivity contribution in [3.8, 4) is 5.75 Å². The molecule has 1 aromatic heterocycles. The van der Waals surface area contributed by atoms with Gasteiger partial charge in [-0.2, -0.15) is 12.6 Å². The Kier molecular flexibility index (Phi) is 6.22. The number of aromatic hydroxyl groups is 1.